The predicted molar refractivity (Wildman–Crippen MR) is 83.3 cm³/mol. The van der Waals surface area contributed by atoms with E-state index >= 15 is 0 Å². The molecule has 0 N–H and O–H groups in total. The number of halogens is 2. The standard InChI is InChI=1S/C14H18Br2N2/c15-12-5-1-6-13(16)14(12)18-9-3-8-17-7-2-4-11(17)10-18/h1,5-6,11H,2-4,7-10H2. The second-order valence-corrected chi connectivity index (χ2v) is 6.91. The molecule has 1 aromatic rings. The van der Waals surface area contributed by atoms with Gasteiger partial charge in [0.1, 0.15) is 0 Å². The summed E-state index contributed by atoms with van der Waals surface area (Å²) in [5.41, 5.74) is 1.33. The van der Waals surface area contributed by atoms with E-state index in [0.29, 0.717) is 0 Å². The molecule has 3 rings (SSSR count). The van der Waals surface area contributed by atoms with Crippen LogP contribution < -0.4 is 4.90 Å². The van der Waals surface area contributed by atoms with E-state index in [0.717, 1.165) is 12.6 Å². The zero-order valence-electron chi connectivity index (χ0n) is 10.4. The van der Waals surface area contributed by atoms with Crippen molar-refractivity contribution in [1.82, 2.24) is 4.90 Å². The Hall–Kier alpha value is -0.0600. The van der Waals surface area contributed by atoms with Gasteiger partial charge in [-0.3, -0.25) is 4.90 Å². The second kappa shape index (κ2) is 5.51. The lowest BCUT2D eigenvalue weighted by molar-refractivity contribution is 0.273. The lowest BCUT2D eigenvalue weighted by atomic mass is 10.2. The summed E-state index contributed by atoms with van der Waals surface area (Å²) in [6.07, 6.45) is 4.00. The van der Waals surface area contributed by atoms with Crippen LogP contribution in [-0.2, 0) is 0 Å². The Bertz CT molecular complexity index is 416. The molecule has 1 aromatic carbocycles. The van der Waals surface area contributed by atoms with Gasteiger partial charge < -0.3 is 4.90 Å². The normalized spacial score (nSPS) is 25.0. The quantitative estimate of drug-likeness (QED) is 0.736. The highest BCUT2D eigenvalue weighted by atomic mass is 79.9. The molecule has 2 aliphatic heterocycles. The molecule has 2 heterocycles. The third kappa shape index (κ3) is 2.47. The highest BCUT2D eigenvalue weighted by Gasteiger charge is 2.29. The summed E-state index contributed by atoms with van der Waals surface area (Å²) in [6.45, 7) is 4.90. The van der Waals surface area contributed by atoms with Crippen molar-refractivity contribution in [2.24, 2.45) is 0 Å². The molecule has 2 nitrogen and oxygen atoms in total. The lowest BCUT2D eigenvalue weighted by Gasteiger charge is -2.28. The van der Waals surface area contributed by atoms with E-state index < -0.39 is 0 Å². The van der Waals surface area contributed by atoms with E-state index in [2.05, 4.69) is 59.9 Å². The summed E-state index contributed by atoms with van der Waals surface area (Å²) in [5.74, 6) is 0. The van der Waals surface area contributed by atoms with Crippen molar-refractivity contribution in [3.8, 4) is 0 Å². The second-order valence-electron chi connectivity index (χ2n) is 5.20. The van der Waals surface area contributed by atoms with Crippen LogP contribution in [0.5, 0.6) is 0 Å². The molecule has 98 valence electrons. The first-order valence-corrected chi connectivity index (χ1v) is 8.27. The smallest absolute Gasteiger partial charge is 0.0655 e. The maximum absolute atomic E-state index is 3.70. The molecule has 18 heavy (non-hydrogen) atoms. The van der Waals surface area contributed by atoms with Crippen LogP contribution in [0, 0.1) is 0 Å². The molecule has 0 bridgehead atoms. The summed E-state index contributed by atoms with van der Waals surface area (Å²) in [7, 11) is 0. The van der Waals surface area contributed by atoms with Crippen LogP contribution in [0.4, 0.5) is 5.69 Å². The van der Waals surface area contributed by atoms with Crippen molar-refractivity contribution >= 4 is 37.5 Å². The van der Waals surface area contributed by atoms with Crippen LogP contribution in [0.1, 0.15) is 19.3 Å². The summed E-state index contributed by atoms with van der Waals surface area (Å²) in [6, 6.07) is 7.11. The average molecular weight is 374 g/mol. The van der Waals surface area contributed by atoms with E-state index in [4.69, 9.17) is 0 Å². The van der Waals surface area contributed by atoms with E-state index in [9.17, 15) is 0 Å². The highest BCUT2D eigenvalue weighted by molar-refractivity contribution is 9.11. The molecule has 2 saturated heterocycles. The zero-order valence-corrected chi connectivity index (χ0v) is 13.6. The number of benzene rings is 1. The highest BCUT2D eigenvalue weighted by Crippen LogP contribution is 2.36. The molecule has 0 radical (unpaired) electrons. The Morgan fingerprint density at radius 1 is 1.00 bits per heavy atom. The first-order valence-electron chi connectivity index (χ1n) is 6.69. The van der Waals surface area contributed by atoms with Gasteiger partial charge in [-0.1, -0.05) is 6.07 Å². The van der Waals surface area contributed by atoms with Gasteiger partial charge in [0.15, 0.2) is 0 Å². The van der Waals surface area contributed by atoms with Crippen molar-refractivity contribution in [2.75, 3.05) is 31.1 Å². The van der Waals surface area contributed by atoms with Crippen LogP contribution in [-0.4, -0.2) is 37.1 Å². The molecule has 1 unspecified atom stereocenters. The fraction of sp³-hybridized carbons (Fsp3) is 0.571. The van der Waals surface area contributed by atoms with Gasteiger partial charge in [-0.2, -0.15) is 0 Å². The predicted octanol–water partition coefficient (Wildman–Crippen LogP) is 3.89. The number of fused-ring (bicyclic) bond motifs is 1. The number of hydrogen-bond donors (Lipinski definition) is 0. The molecular weight excluding hydrogens is 356 g/mol. The first-order chi connectivity index (χ1) is 8.75. The third-order valence-electron chi connectivity index (χ3n) is 4.06. The van der Waals surface area contributed by atoms with Crippen LogP contribution in [0.2, 0.25) is 0 Å². The topological polar surface area (TPSA) is 6.48 Å². The van der Waals surface area contributed by atoms with Crippen molar-refractivity contribution in [3.63, 3.8) is 0 Å². The van der Waals surface area contributed by atoms with E-state index in [1.807, 2.05) is 0 Å². The van der Waals surface area contributed by atoms with Crippen LogP contribution >= 0.6 is 31.9 Å². The Kier molecular flexibility index (Phi) is 3.97. The first kappa shape index (κ1) is 12.9. The monoisotopic (exact) mass is 372 g/mol. The van der Waals surface area contributed by atoms with Gasteiger partial charge in [-0.25, -0.2) is 0 Å². The molecule has 1 atom stereocenters. The number of anilines is 1. The molecular formula is C14H18Br2N2. The van der Waals surface area contributed by atoms with Crippen LogP contribution in [0.3, 0.4) is 0 Å². The molecule has 0 aromatic heterocycles. The Balaban J connectivity index is 1.87. The summed E-state index contributed by atoms with van der Waals surface area (Å²) in [5, 5.41) is 0. The molecule has 0 amide bonds. The lowest BCUT2D eigenvalue weighted by Crippen LogP contribution is -2.36. The van der Waals surface area contributed by atoms with Gasteiger partial charge in [-0.05, 0) is 69.8 Å². The zero-order chi connectivity index (χ0) is 12.5. The van der Waals surface area contributed by atoms with Crippen molar-refractivity contribution < 1.29 is 0 Å². The minimum absolute atomic E-state index is 0.756. The molecule has 4 heteroatoms. The van der Waals surface area contributed by atoms with Gasteiger partial charge in [0.25, 0.3) is 0 Å². The maximum atomic E-state index is 3.70. The molecule has 0 aliphatic carbocycles. The molecule has 2 aliphatic rings. The van der Waals surface area contributed by atoms with E-state index in [1.165, 1.54) is 53.5 Å². The fourth-order valence-electron chi connectivity index (χ4n) is 3.20. The Morgan fingerprint density at radius 2 is 1.72 bits per heavy atom. The van der Waals surface area contributed by atoms with Gasteiger partial charge in [0.05, 0.1) is 5.69 Å². The van der Waals surface area contributed by atoms with Crippen molar-refractivity contribution in [3.05, 3.63) is 27.1 Å². The number of nitrogens with zero attached hydrogens (tertiary/aromatic N) is 2. The fourth-order valence-corrected chi connectivity index (χ4v) is 4.70. The van der Waals surface area contributed by atoms with Crippen molar-refractivity contribution in [2.45, 2.75) is 25.3 Å². The van der Waals surface area contributed by atoms with E-state index in [-0.39, 0.29) is 0 Å². The summed E-state index contributed by atoms with van der Waals surface area (Å²) in [4.78, 5) is 5.22. The molecule has 0 saturated carbocycles. The number of rotatable bonds is 1. The Labute approximate surface area is 126 Å². The van der Waals surface area contributed by atoms with Gasteiger partial charge in [0, 0.05) is 34.6 Å². The van der Waals surface area contributed by atoms with E-state index in [1.54, 1.807) is 0 Å². The minimum Gasteiger partial charge on any atom is -0.368 e. The van der Waals surface area contributed by atoms with Gasteiger partial charge in [0.2, 0.25) is 0 Å². The third-order valence-corrected chi connectivity index (χ3v) is 5.34. The Morgan fingerprint density at radius 3 is 2.50 bits per heavy atom. The molecule has 0 spiro atoms. The van der Waals surface area contributed by atoms with Gasteiger partial charge >= 0.3 is 0 Å². The maximum Gasteiger partial charge on any atom is 0.0655 e. The summed E-state index contributed by atoms with van der Waals surface area (Å²) < 4.78 is 2.40. The van der Waals surface area contributed by atoms with Crippen molar-refractivity contribution in [1.29, 1.82) is 0 Å². The molecule has 2 fully saturated rings. The number of para-hydroxylation sites is 1. The van der Waals surface area contributed by atoms with Crippen LogP contribution in [0.15, 0.2) is 27.1 Å². The van der Waals surface area contributed by atoms with Crippen LogP contribution in [0.25, 0.3) is 0 Å². The minimum atomic E-state index is 0.756. The summed E-state index contributed by atoms with van der Waals surface area (Å²) >= 11 is 7.39. The number of hydrogen-bond acceptors (Lipinski definition) is 2. The SMILES string of the molecule is Brc1cccc(Br)c1N1CCCN2CCCC2C1. The van der Waals surface area contributed by atoms with Gasteiger partial charge in [-0.15, -0.1) is 0 Å². The average Bonchev–Trinajstić information content (AvgIpc) is 2.68. The largest absolute Gasteiger partial charge is 0.368 e.